The Labute approximate surface area is 101 Å². The minimum Gasteiger partial charge on any atom is -0.496 e. The van der Waals surface area contributed by atoms with Gasteiger partial charge >= 0.3 is 12.1 Å². The highest BCUT2D eigenvalue weighted by atomic mass is 19.4. The molecule has 0 saturated heterocycles. The Balaban J connectivity index is 2.91. The first kappa shape index (κ1) is 14.3. The van der Waals surface area contributed by atoms with Gasteiger partial charge in [0.1, 0.15) is 11.6 Å². The SMILES string of the molecule is COc1ccc(F)cc1CN(C)C(=O)C(F)(F)F. The second kappa shape index (κ2) is 5.24. The number of ether oxygens (including phenoxy) is 1. The molecule has 0 bridgehead atoms. The van der Waals surface area contributed by atoms with E-state index in [1.807, 2.05) is 0 Å². The summed E-state index contributed by atoms with van der Waals surface area (Å²) in [6.45, 7) is -0.390. The number of carbonyl (C=O) groups is 1. The fourth-order valence-corrected chi connectivity index (χ4v) is 1.41. The summed E-state index contributed by atoms with van der Waals surface area (Å²) in [5.74, 6) is -2.38. The van der Waals surface area contributed by atoms with Crippen LogP contribution in [0, 0.1) is 5.82 Å². The summed E-state index contributed by atoms with van der Waals surface area (Å²) >= 11 is 0. The first-order valence-electron chi connectivity index (χ1n) is 4.90. The van der Waals surface area contributed by atoms with Crippen molar-refractivity contribution in [1.82, 2.24) is 4.90 Å². The summed E-state index contributed by atoms with van der Waals surface area (Å²) in [6.07, 6.45) is -4.95. The maximum absolute atomic E-state index is 13.0. The van der Waals surface area contributed by atoms with Crippen LogP contribution in [0.5, 0.6) is 5.75 Å². The molecular formula is C11H11F4NO2. The lowest BCUT2D eigenvalue weighted by Crippen LogP contribution is -2.38. The number of rotatable bonds is 3. The lowest BCUT2D eigenvalue weighted by Gasteiger charge is -2.20. The van der Waals surface area contributed by atoms with Crippen molar-refractivity contribution in [2.45, 2.75) is 12.7 Å². The highest BCUT2D eigenvalue weighted by Crippen LogP contribution is 2.23. The third-order valence-corrected chi connectivity index (χ3v) is 2.24. The Morgan fingerprint density at radius 1 is 1.39 bits per heavy atom. The van der Waals surface area contributed by atoms with Crippen LogP contribution in [0.3, 0.4) is 0 Å². The molecule has 0 N–H and O–H groups in total. The predicted octanol–water partition coefficient (Wildman–Crippen LogP) is 2.36. The molecule has 18 heavy (non-hydrogen) atoms. The molecule has 0 aliphatic carbocycles. The van der Waals surface area contributed by atoms with Gasteiger partial charge in [-0.25, -0.2) is 4.39 Å². The summed E-state index contributed by atoms with van der Waals surface area (Å²) in [5.41, 5.74) is 0.164. The average Bonchev–Trinajstić information content (AvgIpc) is 2.27. The molecule has 0 unspecified atom stereocenters. The molecule has 0 heterocycles. The van der Waals surface area contributed by atoms with E-state index < -0.39 is 17.9 Å². The fraction of sp³-hybridized carbons (Fsp3) is 0.364. The minimum atomic E-state index is -4.95. The second-order valence-electron chi connectivity index (χ2n) is 3.62. The van der Waals surface area contributed by atoms with E-state index >= 15 is 0 Å². The molecule has 0 aliphatic heterocycles. The fourth-order valence-electron chi connectivity index (χ4n) is 1.41. The van der Waals surface area contributed by atoms with Gasteiger partial charge < -0.3 is 9.64 Å². The molecule has 0 aliphatic rings. The number of hydrogen-bond donors (Lipinski definition) is 0. The van der Waals surface area contributed by atoms with Crippen molar-refractivity contribution in [1.29, 1.82) is 0 Å². The first-order chi connectivity index (χ1) is 8.25. The van der Waals surface area contributed by atoms with Crippen LogP contribution in [-0.4, -0.2) is 31.1 Å². The van der Waals surface area contributed by atoms with Crippen LogP contribution in [-0.2, 0) is 11.3 Å². The average molecular weight is 265 g/mol. The van der Waals surface area contributed by atoms with Crippen molar-refractivity contribution in [3.63, 3.8) is 0 Å². The van der Waals surface area contributed by atoms with E-state index in [0.29, 0.717) is 4.90 Å². The number of halogens is 4. The number of methoxy groups -OCH3 is 1. The maximum Gasteiger partial charge on any atom is 0.471 e. The van der Waals surface area contributed by atoms with Crippen LogP contribution in [0.25, 0.3) is 0 Å². The molecule has 100 valence electrons. The molecule has 0 saturated carbocycles. The van der Waals surface area contributed by atoms with Crippen molar-refractivity contribution in [3.8, 4) is 5.75 Å². The summed E-state index contributed by atoms with van der Waals surface area (Å²) in [4.78, 5) is 11.4. The van der Waals surface area contributed by atoms with Gasteiger partial charge in [0.15, 0.2) is 0 Å². The Morgan fingerprint density at radius 2 is 2.00 bits per heavy atom. The van der Waals surface area contributed by atoms with Crippen LogP contribution in [0.1, 0.15) is 5.56 Å². The topological polar surface area (TPSA) is 29.5 Å². The van der Waals surface area contributed by atoms with Gasteiger partial charge in [-0.1, -0.05) is 0 Å². The molecule has 1 aromatic carbocycles. The Morgan fingerprint density at radius 3 is 2.50 bits per heavy atom. The summed E-state index contributed by atoms with van der Waals surface area (Å²) in [5, 5.41) is 0. The Bertz CT molecular complexity index is 445. The molecule has 0 spiro atoms. The van der Waals surface area contributed by atoms with Crippen molar-refractivity contribution in [2.24, 2.45) is 0 Å². The smallest absolute Gasteiger partial charge is 0.471 e. The molecule has 1 aromatic rings. The van der Waals surface area contributed by atoms with Crippen molar-refractivity contribution >= 4 is 5.91 Å². The zero-order chi connectivity index (χ0) is 13.9. The molecule has 0 fully saturated rings. The summed E-state index contributed by atoms with van der Waals surface area (Å²) in [7, 11) is 2.29. The van der Waals surface area contributed by atoms with Crippen molar-refractivity contribution < 1.29 is 27.1 Å². The third-order valence-electron chi connectivity index (χ3n) is 2.24. The normalized spacial score (nSPS) is 11.2. The standard InChI is InChI=1S/C11H11F4NO2/c1-16(10(17)11(13,14)15)6-7-5-8(12)3-4-9(7)18-2/h3-5H,6H2,1-2H3. The van der Waals surface area contributed by atoms with Crippen LogP contribution < -0.4 is 4.74 Å². The molecule has 0 radical (unpaired) electrons. The summed E-state index contributed by atoms with van der Waals surface area (Å²) in [6, 6.07) is 3.43. The highest BCUT2D eigenvalue weighted by molar-refractivity contribution is 5.81. The quantitative estimate of drug-likeness (QED) is 0.785. The number of amides is 1. The van der Waals surface area contributed by atoms with Gasteiger partial charge in [0.2, 0.25) is 0 Å². The zero-order valence-electron chi connectivity index (χ0n) is 9.71. The van der Waals surface area contributed by atoms with Gasteiger partial charge in [-0.05, 0) is 18.2 Å². The van der Waals surface area contributed by atoms with Gasteiger partial charge in [0.25, 0.3) is 0 Å². The zero-order valence-corrected chi connectivity index (χ0v) is 9.71. The van der Waals surface area contributed by atoms with Gasteiger partial charge in [0, 0.05) is 19.2 Å². The molecule has 0 atom stereocenters. The van der Waals surface area contributed by atoms with E-state index in [1.54, 1.807) is 0 Å². The Hall–Kier alpha value is -1.79. The highest BCUT2D eigenvalue weighted by Gasteiger charge is 2.41. The van der Waals surface area contributed by atoms with Crippen molar-refractivity contribution in [2.75, 3.05) is 14.2 Å². The van der Waals surface area contributed by atoms with E-state index in [-0.39, 0.29) is 17.9 Å². The van der Waals surface area contributed by atoms with Gasteiger partial charge in [-0.15, -0.1) is 0 Å². The van der Waals surface area contributed by atoms with E-state index in [0.717, 1.165) is 19.2 Å². The third kappa shape index (κ3) is 3.35. The number of carbonyl (C=O) groups excluding carboxylic acids is 1. The first-order valence-corrected chi connectivity index (χ1v) is 4.90. The van der Waals surface area contributed by atoms with Crippen LogP contribution in [0.2, 0.25) is 0 Å². The largest absolute Gasteiger partial charge is 0.496 e. The van der Waals surface area contributed by atoms with Crippen LogP contribution in [0.15, 0.2) is 18.2 Å². The summed E-state index contributed by atoms with van der Waals surface area (Å²) < 4.78 is 54.4. The Kier molecular flexibility index (Phi) is 4.15. The van der Waals surface area contributed by atoms with Gasteiger partial charge in [-0.3, -0.25) is 4.79 Å². The second-order valence-corrected chi connectivity index (χ2v) is 3.62. The van der Waals surface area contributed by atoms with E-state index in [4.69, 9.17) is 4.74 Å². The number of alkyl halides is 3. The van der Waals surface area contributed by atoms with Crippen LogP contribution >= 0.6 is 0 Å². The molecule has 0 aromatic heterocycles. The van der Waals surface area contributed by atoms with Crippen molar-refractivity contribution in [3.05, 3.63) is 29.6 Å². The monoisotopic (exact) mass is 265 g/mol. The number of benzene rings is 1. The van der Waals surface area contributed by atoms with Gasteiger partial charge in [-0.2, -0.15) is 13.2 Å². The minimum absolute atomic E-state index is 0.164. The lowest BCUT2D eigenvalue weighted by molar-refractivity contribution is -0.184. The molecule has 3 nitrogen and oxygen atoms in total. The predicted molar refractivity (Wildman–Crippen MR) is 55.5 cm³/mol. The lowest BCUT2D eigenvalue weighted by atomic mass is 10.2. The number of nitrogens with zero attached hydrogens (tertiary/aromatic N) is 1. The maximum atomic E-state index is 13.0. The van der Waals surface area contributed by atoms with E-state index in [9.17, 15) is 22.4 Å². The molecule has 1 amide bonds. The van der Waals surface area contributed by atoms with Gasteiger partial charge in [0.05, 0.1) is 7.11 Å². The molecule has 7 heteroatoms. The van der Waals surface area contributed by atoms with Crippen LogP contribution in [0.4, 0.5) is 17.6 Å². The molecule has 1 rings (SSSR count). The van der Waals surface area contributed by atoms with E-state index in [2.05, 4.69) is 0 Å². The number of hydrogen-bond acceptors (Lipinski definition) is 2. The molecular weight excluding hydrogens is 254 g/mol. The van der Waals surface area contributed by atoms with E-state index in [1.165, 1.54) is 13.2 Å².